The van der Waals surface area contributed by atoms with E-state index >= 15 is 0 Å². The van der Waals surface area contributed by atoms with E-state index in [1.165, 1.54) is 12.5 Å². The van der Waals surface area contributed by atoms with Crippen molar-refractivity contribution in [1.29, 1.82) is 0 Å². The lowest BCUT2D eigenvalue weighted by Gasteiger charge is -2.40. The number of carbonyl (C=O) groups is 3. The molecule has 0 bridgehead atoms. The van der Waals surface area contributed by atoms with Crippen molar-refractivity contribution in [1.82, 2.24) is 14.7 Å². The van der Waals surface area contributed by atoms with Crippen LogP contribution < -0.4 is 0 Å². The summed E-state index contributed by atoms with van der Waals surface area (Å²) in [5.41, 5.74) is 0.552. The lowest BCUT2D eigenvalue weighted by molar-refractivity contribution is -0.152. The molecule has 1 aromatic heterocycles. The Bertz CT molecular complexity index is 682. The highest BCUT2D eigenvalue weighted by atomic mass is 16.5. The Morgan fingerprint density at radius 1 is 1.18 bits per heavy atom. The topological polar surface area (TPSA) is 83.3 Å². The van der Waals surface area contributed by atoms with Crippen LogP contribution in [0.3, 0.4) is 0 Å². The number of hydrogen-bond acceptors (Lipinski definition) is 6. The third-order valence-electron chi connectivity index (χ3n) is 5.63. The zero-order valence-corrected chi connectivity index (χ0v) is 16.6. The molecule has 0 radical (unpaired) electrons. The van der Waals surface area contributed by atoms with Crippen molar-refractivity contribution >= 4 is 17.8 Å². The van der Waals surface area contributed by atoms with Crippen molar-refractivity contribution in [2.45, 2.75) is 32.7 Å². The Labute approximate surface area is 165 Å². The summed E-state index contributed by atoms with van der Waals surface area (Å²) in [6.07, 6.45) is 4.53. The molecule has 0 aliphatic carbocycles. The van der Waals surface area contributed by atoms with E-state index in [1.807, 2.05) is 6.92 Å². The van der Waals surface area contributed by atoms with Crippen molar-refractivity contribution in [2.24, 2.45) is 5.92 Å². The van der Waals surface area contributed by atoms with Crippen molar-refractivity contribution in [3.05, 3.63) is 24.2 Å². The number of hydrogen-bond donors (Lipinski definition) is 0. The van der Waals surface area contributed by atoms with Crippen LogP contribution in [0.5, 0.6) is 0 Å². The van der Waals surface area contributed by atoms with Crippen LogP contribution in [0.4, 0.5) is 0 Å². The predicted molar refractivity (Wildman–Crippen MR) is 102 cm³/mol. The largest absolute Gasteiger partial charge is 0.472 e. The van der Waals surface area contributed by atoms with E-state index < -0.39 is 0 Å². The van der Waals surface area contributed by atoms with Crippen LogP contribution in [0, 0.1) is 5.92 Å². The zero-order chi connectivity index (χ0) is 20.1. The Kier molecular flexibility index (Phi) is 6.72. The van der Waals surface area contributed by atoms with Gasteiger partial charge in [0.2, 0.25) is 5.91 Å². The first kappa shape index (κ1) is 20.4. The second-order valence-corrected chi connectivity index (χ2v) is 7.39. The molecule has 0 N–H and O–H groups in total. The molecule has 8 heteroatoms. The fourth-order valence-electron chi connectivity index (χ4n) is 3.93. The summed E-state index contributed by atoms with van der Waals surface area (Å²) in [6, 6.07) is 1.39. The molecule has 1 aromatic rings. The minimum Gasteiger partial charge on any atom is -0.472 e. The van der Waals surface area contributed by atoms with Crippen LogP contribution in [0.2, 0.25) is 0 Å². The Morgan fingerprint density at radius 3 is 2.57 bits per heavy atom. The summed E-state index contributed by atoms with van der Waals surface area (Å²) in [7, 11) is 0. The molecule has 0 saturated carbocycles. The third-order valence-corrected chi connectivity index (χ3v) is 5.63. The van der Waals surface area contributed by atoms with Crippen LogP contribution in [-0.4, -0.2) is 84.4 Å². The summed E-state index contributed by atoms with van der Waals surface area (Å²) in [5.74, 6) is -0.433. The first-order valence-electron chi connectivity index (χ1n) is 10.0. The fraction of sp³-hybridized carbons (Fsp3) is 0.650. The van der Waals surface area contributed by atoms with Crippen molar-refractivity contribution in [3.8, 4) is 0 Å². The van der Waals surface area contributed by atoms with Crippen LogP contribution in [0.1, 0.15) is 37.0 Å². The number of carbonyl (C=O) groups excluding carboxylic acids is 3. The highest BCUT2D eigenvalue weighted by molar-refractivity contribution is 5.93. The summed E-state index contributed by atoms with van der Waals surface area (Å²) in [5, 5.41) is 0. The van der Waals surface area contributed by atoms with Crippen LogP contribution >= 0.6 is 0 Å². The first-order valence-corrected chi connectivity index (χ1v) is 10.0. The molecule has 2 aliphatic heterocycles. The van der Waals surface area contributed by atoms with E-state index in [0.29, 0.717) is 51.4 Å². The second kappa shape index (κ2) is 9.23. The monoisotopic (exact) mass is 391 g/mol. The average Bonchev–Trinajstić information content (AvgIpc) is 3.27. The van der Waals surface area contributed by atoms with E-state index in [-0.39, 0.29) is 29.7 Å². The maximum atomic E-state index is 13.0. The van der Waals surface area contributed by atoms with Crippen molar-refractivity contribution in [2.75, 3.05) is 45.9 Å². The van der Waals surface area contributed by atoms with E-state index in [4.69, 9.17) is 9.15 Å². The number of likely N-dealkylation sites (tertiary alicyclic amines) is 1. The van der Waals surface area contributed by atoms with Gasteiger partial charge in [0.25, 0.3) is 5.91 Å². The predicted octanol–water partition coefficient (Wildman–Crippen LogP) is 1.23. The van der Waals surface area contributed by atoms with Gasteiger partial charge in [-0.2, -0.15) is 0 Å². The van der Waals surface area contributed by atoms with Gasteiger partial charge in [-0.3, -0.25) is 19.3 Å². The maximum Gasteiger partial charge on any atom is 0.310 e. The molecule has 154 valence electrons. The second-order valence-electron chi connectivity index (χ2n) is 7.39. The number of rotatable bonds is 5. The molecule has 2 amide bonds. The number of furan rings is 1. The molecule has 2 unspecified atom stereocenters. The fourth-order valence-corrected chi connectivity index (χ4v) is 3.93. The molecule has 28 heavy (non-hydrogen) atoms. The van der Waals surface area contributed by atoms with Gasteiger partial charge in [-0.1, -0.05) is 0 Å². The van der Waals surface area contributed by atoms with Crippen molar-refractivity contribution in [3.63, 3.8) is 0 Å². The summed E-state index contributed by atoms with van der Waals surface area (Å²) < 4.78 is 10.1. The lowest BCUT2D eigenvalue weighted by atomic mass is 9.97. The maximum absolute atomic E-state index is 13.0. The Morgan fingerprint density at radius 2 is 1.93 bits per heavy atom. The van der Waals surface area contributed by atoms with E-state index in [0.717, 1.165) is 12.8 Å². The minimum absolute atomic E-state index is 0.0410. The highest BCUT2D eigenvalue weighted by Gasteiger charge is 2.34. The Balaban J connectivity index is 1.51. The third kappa shape index (κ3) is 4.55. The average molecular weight is 391 g/mol. The zero-order valence-electron chi connectivity index (χ0n) is 16.6. The van der Waals surface area contributed by atoms with E-state index in [9.17, 15) is 14.4 Å². The summed E-state index contributed by atoms with van der Waals surface area (Å²) >= 11 is 0. The van der Waals surface area contributed by atoms with E-state index in [2.05, 4.69) is 4.90 Å². The van der Waals surface area contributed by atoms with Gasteiger partial charge >= 0.3 is 5.97 Å². The smallest absolute Gasteiger partial charge is 0.310 e. The molecule has 2 atom stereocenters. The normalized spacial score (nSPS) is 22.0. The van der Waals surface area contributed by atoms with Gasteiger partial charge in [-0.25, -0.2) is 0 Å². The van der Waals surface area contributed by atoms with Gasteiger partial charge in [-0.05, 0) is 32.8 Å². The molecule has 0 aromatic carbocycles. The van der Waals surface area contributed by atoms with Crippen LogP contribution in [0.25, 0.3) is 0 Å². The molecule has 8 nitrogen and oxygen atoms in total. The van der Waals surface area contributed by atoms with Gasteiger partial charge in [0, 0.05) is 39.3 Å². The van der Waals surface area contributed by atoms with Gasteiger partial charge < -0.3 is 19.0 Å². The number of piperidine rings is 1. The Hall–Kier alpha value is -2.35. The molecule has 2 aliphatic rings. The first-order chi connectivity index (χ1) is 13.5. The minimum atomic E-state index is -0.271. The quantitative estimate of drug-likeness (QED) is 0.702. The van der Waals surface area contributed by atoms with Crippen LogP contribution in [-0.2, 0) is 14.3 Å². The molecule has 2 fully saturated rings. The number of amides is 2. The number of piperazine rings is 1. The molecule has 3 heterocycles. The molecule has 3 rings (SSSR count). The van der Waals surface area contributed by atoms with Crippen molar-refractivity contribution < 1.29 is 23.5 Å². The number of ether oxygens (including phenoxy) is 1. The molecular formula is C20H29N3O5. The van der Waals surface area contributed by atoms with Gasteiger partial charge in [-0.15, -0.1) is 0 Å². The van der Waals surface area contributed by atoms with E-state index in [1.54, 1.807) is 22.8 Å². The molecule has 2 saturated heterocycles. The van der Waals surface area contributed by atoms with Gasteiger partial charge in [0.15, 0.2) is 0 Å². The standard InChI is InChI=1S/C20H29N3O5/c1-3-28-20(26)16-5-4-7-23(13-16)18(24)15(2)21-8-10-22(11-9-21)19(25)17-6-12-27-14-17/h6,12,14-16H,3-5,7-11,13H2,1-2H3. The lowest BCUT2D eigenvalue weighted by Crippen LogP contribution is -2.56. The van der Waals surface area contributed by atoms with Gasteiger partial charge in [0.05, 0.1) is 30.4 Å². The molecular weight excluding hydrogens is 362 g/mol. The number of esters is 1. The summed E-state index contributed by atoms with van der Waals surface area (Å²) in [6.45, 7) is 7.62. The highest BCUT2D eigenvalue weighted by Crippen LogP contribution is 2.20. The SMILES string of the molecule is CCOC(=O)C1CCCN(C(=O)C(C)N2CCN(C(=O)c3ccoc3)CC2)C1. The molecule has 0 spiro atoms. The van der Waals surface area contributed by atoms with Crippen LogP contribution in [0.15, 0.2) is 23.0 Å². The summed E-state index contributed by atoms with van der Waals surface area (Å²) in [4.78, 5) is 43.1. The number of nitrogens with zero attached hydrogens (tertiary/aromatic N) is 3. The van der Waals surface area contributed by atoms with Gasteiger partial charge in [0.1, 0.15) is 6.26 Å².